The van der Waals surface area contributed by atoms with E-state index in [0.717, 1.165) is 32.5 Å². The molecule has 2 aliphatic heterocycles. The van der Waals surface area contributed by atoms with Crippen molar-refractivity contribution in [2.75, 3.05) is 19.6 Å². The number of piperidine rings is 1. The summed E-state index contributed by atoms with van der Waals surface area (Å²) < 4.78 is 0. The monoisotopic (exact) mass is 325 g/mol. The fourth-order valence-electron chi connectivity index (χ4n) is 3.26. The standard InChI is InChI=1S/C14H27N3O.2ClH/c1-11-5-3-6-12(2)17(11)10-9-16-14(18)13-7-4-8-15-13;;/h11-13,15H,3-10H2,1-2H3,(H,16,18);2*1H. The van der Waals surface area contributed by atoms with Crippen LogP contribution in [0.25, 0.3) is 0 Å². The van der Waals surface area contributed by atoms with E-state index in [4.69, 9.17) is 0 Å². The first-order valence-corrected chi connectivity index (χ1v) is 7.45. The second kappa shape index (κ2) is 9.82. The predicted octanol–water partition coefficient (Wildman–Crippen LogP) is 1.96. The average Bonchev–Trinajstić information content (AvgIpc) is 2.86. The maximum Gasteiger partial charge on any atom is 0.237 e. The minimum absolute atomic E-state index is 0. The van der Waals surface area contributed by atoms with Gasteiger partial charge >= 0.3 is 0 Å². The normalized spacial score (nSPS) is 30.2. The molecule has 4 nitrogen and oxygen atoms in total. The van der Waals surface area contributed by atoms with Crippen LogP contribution in [-0.2, 0) is 4.79 Å². The van der Waals surface area contributed by atoms with Crippen LogP contribution in [0.3, 0.4) is 0 Å². The first-order chi connectivity index (χ1) is 8.68. The molecule has 0 aliphatic carbocycles. The van der Waals surface area contributed by atoms with Gasteiger partial charge in [0, 0.05) is 25.2 Å². The van der Waals surface area contributed by atoms with Crippen LogP contribution in [0.15, 0.2) is 0 Å². The first-order valence-electron chi connectivity index (χ1n) is 7.45. The summed E-state index contributed by atoms with van der Waals surface area (Å²) in [6.45, 7) is 7.36. The molecule has 6 heteroatoms. The third-order valence-electron chi connectivity index (χ3n) is 4.42. The Morgan fingerprint density at radius 3 is 2.35 bits per heavy atom. The van der Waals surface area contributed by atoms with E-state index in [9.17, 15) is 4.79 Å². The van der Waals surface area contributed by atoms with E-state index in [-0.39, 0.29) is 36.8 Å². The molecule has 2 fully saturated rings. The Morgan fingerprint density at radius 1 is 1.15 bits per heavy atom. The van der Waals surface area contributed by atoms with E-state index >= 15 is 0 Å². The van der Waals surface area contributed by atoms with Crippen molar-refractivity contribution in [1.82, 2.24) is 15.5 Å². The van der Waals surface area contributed by atoms with Crippen LogP contribution >= 0.6 is 24.8 Å². The van der Waals surface area contributed by atoms with Crippen LogP contribution in [0.4, 0.5) is 0 Å². The van der Waals surface area contributed by atoms with Crippen LogP contribution in [0.5, 0.6) is 0 Å². The van der Waals surface area contributed by atoms with E-state index in [1.54, 1.807) is 0 Å². The SMILES string of the molecule is CC1CCCC(C)N1CCNC(=O)C1CCCN1.Cl.Cl. The smallest absolute Gasteiger partial charge is 0.237 e. The lowest BCUT2D eigenvalue weighted by atomic mass is 9.98. The maximum atomic E-state index is 11.9. The lowest BCUT2D eigenvalue weighted by Gasteiger charge is -2.39. The average molecular weight is 326 g/mol. The van der Waals surface area contributed by atoms with Crippen molar-refractivity contribution in [2.45, 2.75) is 64.1 Å². The van der Waals surface area contributed by atoms with Crippen LogP contribution in [-0.4, -0.2) is 48.6 Å². The van der Waals surface area contributed by atoms with Crippen molar-refractivity contribution in [3.63, 3.8) is 0 Å². The number of rotatable bonds is 4. The molecule has 3 atom stereocenters. The fraction of sp³-hybridized carbons (Fsp3) is 0.929. The van der Waals surface area contributed by atoms with Crippen LogP contribution in [0, 0.1) is 0 Å². The summed E-state index contributed by atoms with van der Waals surface area (Å²) in [6.07, 6.45) is 6.04. The molecule has 20 heavy (non-hydrogen) atoms. The lowest BCUT2D eigenvalue weighted by Crippen LogP contribution is -2.49. The van der Waals surface area contributed by atoms with E-state index < -0.39 is 0 Å². The fourth-order valence-corrected chi connectivity index (χ4v) is 3.26. The van der Waals surface area contributed by atoms with E-state index in [1.807, 2.05) is 0 Å². The second-order valence-corrected chi connectivity index (χ2v) is 5.81. The highest BCUT2D eigenvalue weighted by molar-refractivity contribution is 5.85. The van der Waals surface area contributed by atoms with Gasteiger partial charge in [-0.3, -0.25) is 9.69 Å². The largest absolute Gasteiger partial charge is 0.353 e. The molecule has 2 aliphatic rings. The van der Waals surface area contributed by atoms with Crippen molar-refractivity contribution in [2.24, 2.45) is 0 Å². The number of hydrogen-bond acceptors (Lipinski definition) is 3. The Balaban J connectivity index is 0.00000180. The van der Waals surface area contributed by atoms with Crippen LogP contribution < -0.4 is 10.6 Å². The molecule has 120 valence electrons. The van der Waals surface area contributed by atoms with Gasteiger partial charge in [0.2, 0.25) is 5.91 Å². The van der Waals surface area contributed by atoms with Crippen LogP contribution in [0.1, 0.15) is 46.0 Å². The molecule has 2 saturated heterocycles. The van der Waals surface area contributed by atoms with E-state index in [2.05, 4.69) is 29.4 Å². The number of halogens is 2. The third-order valence-corrected chi connectivity index (χ3v) is 4.42. The minimum atomic E-state index is 0. The van der Waals surface area contributed by atoms with Crippen LogP contribution in [0.2, 0.25) is 0 Å². The zero-order chi connectivity index (χ0) is 13.0. The molecule has 3 unspecified atom stereocenters. The minimum Gasteiger partial charge on any atom is -0.353 e. The second-order valence-electron chi connectivity index (χ2n) is 5.81. The predicted molar refractivity (Wildman–Crippen MR) is 88.0 cm³/mol. The van der Waals surface area contributed by atoms with Gasteiger partial charge in [-0.1, -0.05) is 6.42 Å². The Kier molecular flexibility index (Phi) is 9.81. The molecular formula is C14H29Cl2N3O. The Morgan fingerprint density at radius 2 is 1.80 bits per heavy atom. The summed E-state index contributed by atoms with van der Waals surface area (Å²) in [5.74, 6) is 0.185. The van der Waals surface area contributed by atoms with Gasteiger partial charge in [-0.15, -0.1) is 24.8 Å². The molecule has 0 aromatic carbocycles. The molecule has 0 spiro atoms. The Bertz CT molecular complexity index is 276. The summed E-state index contributed by atoms with van der Waals surface area (Å²) in [6, 6.07) is 1.38. The molecule has 2 rings (SSSR count). The molecule has 1 amide bonds. The van der Waals surface area contributed by atoms with Crippen molar-refractivity contribution in [3.8, 4) is 0 Å². The number of carbonyl (C=O) groups excluding carboxylic acids is 1. The first kappa shape index (κ1) is 20.0. The quantitative estimate of drug-likeness (QED) is 0.830. The number of amides is 1. The van der Waals surface area contributed by atoms with Crippen molar-refractivity contribution >= 4 is 30.7 Å². The summed E-state index contributed by atoms with van der Waals surface area (Å²) in [4.78, 5) is 14.4. The molecular weight excluding hydrogens is 297 g/mol. The molecule has 0 bridgehead atoms. The van der Waals surface area contributed by atoms with Crippen molar-refractivity contribution in [1.29, 1.82) is 0 Å². The van der Waals surface area contributed by atoms with Gasteiger partial charge < -0.3 is 10.6 Å². The zero-order valence-electron chi connectivity index (χ0n) is 12.6. The molecule has 0 radical (unpaired) electrons. The zero-order valence-corrected chi connectivity index (χ0v) is 14.2. The number of hydrogen-bond donors (Lipinski definition) is 2. The summed E-state index contributed by atoms with van der Waals surface area (Å²) in [5, 5.41) is 6.31. The Hall–Kier alpha value is -0.0300. The number of carbonyl (C=O) groups is 1. The van der Waals surface area contributed by atoms with Gasteiger partial charge in [0.25, 0.3) is 0 Å². The van der Waals surface area contributed by atoms with Crippen molar-refractivity contribution in [3.05, 3.63) is 0 Å². The van der Waals surface area contributed by atoms with Gasteiger partial charge in [-0.25, -0.2) is 0 Å². The summed E-state index contributed by atoms with van der Waals surface area (Å²) in [7, 11) is 0. The third kappa shape index (κ3) is 5.40. The van der Waals surface area contributed by atoms with Gasteiger partial charge in [-0.2, -0.15) is 0 Å². The molecule has 0 aromatic rings. The molecule has 0 aromatic heterocycles. The highest BCUT2D eigenvalue weighted by Crippen LogP contribution is 2.21. The molecule has 0 saturated carbocycles. The van der Waals surface area contributed by atoms with Gasteiger partial charge in [0.05, 0.1) is 6.04 Å². The number of nitrogens with zero attached hydrogens (tertiary/aromatic N) is 1. The molecule has 2 N–H and O–H groups in total. The summed E-state index contributed by atoms with van der Waals surface area (Å²) >= 11 is 0. The number of likely N-dealkylation sites (tertiary alicyclic amines) is 1. The maximum absolute atomic E-state index is 11.9. The highest BCUT2D eigenvalue weighted by Gasteiger charge is 2.25. The lowest BCUT2D eigenvalue weighted by molar-refractivity contribution is -0.122. The van der Waals surface area contributed by atoms with E-state index in [1.165, 1.54) is 19.3 Å². The molecule has 2 heterocycles. The van der Waals surface area contributed by atoms with Gasteiger partial charge in [-0.05, 0) is 46.1 Å². The van der Waals surface area contributed by atoms with E-state index in [0.29, 0.717) is 12.1 Å². The topological polar surface area (TPSA) is 44.4 Å². The van der Waals surface area contributed by atoms with Gasteiger partial charge in [0.15, 0.2) is 0 Å². The van der Waals surface area contributed by atoms with Gasteiger partial charge in [0.1, 0.15) is 0 Å². The number of nitrogens with one attached hydrogen (secondary N) is 2. The van der Waals surface area contributed by atoms with Crippen molar-refractivity contribution < 1.29 is 4.79 Å². The Labute approximate surface area is 135 Å². The highest BCUT2D eigenvalue weighted by atomic mass is 35.5. The summed E-state index contributed by atoms with van der Waals surface area (Å²) in [5.41, 5.74) is 0.